The molecule has 2 aliphatic carbocycles. The van der Waals surface area contributed by atoms with Gasteiger partial charge in [-0.1, -0.05) is 30.2 Å². The number of aryl methyl sites for hydroxylation is 3. The van der Waals surface area contributed by atoms with Crippen molar-refractivity contribution in [2.24, 2.45) is 13.0 Å². The van der Waals surface area contributed by atoms with E-state index in [1.54, 1.807) is 38.2 Å². The highest BCUT2D eigenvalue weighted by molar-refractivity contribution is 7.92. The second-order valence-electron chi connectivity index (χ2n) is 9.81. The number of anilines is 1. The van der Waals surface area contributed by atoms with Crippen LogP contribution in [0, 0.1) is 12.8 Å². The highest BCUT2D eigenvalue weighted by Gasteiger charge is 2.39. The number of nitrogens with zero attached hydrogens (tertiary/aromatic N) is 2. The van der Waals surface area contributed by atoms with Crippen LogP contribution in [0.2, 0.25) is 5.15 Å². The second kappa shape index (κ2) is 9.64. The average Bonchev–Trinajstić information content (AvgIpc) is 3.60. The van der Waals surface area contributed by atoms with Gasteiger partial charge in [0.15, 0.2) is 5.78 Å². The summed E-state index contributed by atoms with van der Waals surface area (Å²) >= 11 is 6.18. The fraction of sp³-hybridized carbons (Fsp3) is 0.423. The van der Waals surface area contributed by atoms with Gasteiger partial charge in [0.2, 0.25) is 0 Å². The van der Waals surface area contributed by atoms with Gasteiger partial charge < -0.3 is 9.52 Å². The van der Waals surface area contributed by atoms with E-state index in [2.05, 4.69) is 9.82 Å². The molecule has 196 valence electrons. The molecule has 1 saturated carbocycles. The Bertz CT molecular complexity index is 1550. The van der Waals surface area contributed by atoms with Gasteiger partial charge in [0.1, 0.15) is 21.6 Å². The maximum Gasteiger partial charge on any atom is 0.343 e. The Hall–Kier alpha value is -3.11. The van der Waals surface area contributed by atoms with Gasteiger partial charge in [-0.25, -0.2) is 13.2 Å². The summed E-state index contributed by atoms with van der Waals surface area (Å²) in [5.74, 6) is -0.781. The maximum absolute atomic E-state index is 13.2. The molecule has 0 saturated heterocycles. The summed E-state index contributed by atoms with van der Waals surface area (Å²) in [5, 5.41) is 15.3. The molecular weight excluding hydrogens is 518 g/mol. The largest absolute Gasteiger partial charge is 0.506 e. The van der Waals surface area contributed by atoms with Crippen molar-refractivity contribution < 1.29 is 22.7 Å². The van der Waals surface area contributed by atoms with Crippen molar-refractivity contribution in [3.63, 3.8) is 0 Å². The number of carbonyl (C=O) groups excluding carboxylic acids is 1. The van der Waals surface area contributed by atoms with Crippen LogP contribution in [-0.4, -0.2) is 29.1 Å². The lowest BCUT2D eigenvalue weighted by molar-refractivity contribution is 0.0968. The van der Waals surface area contributed by atoms with Gasteiger partial charge in [0, 0.05) is 31.5 Å². The molecule has 0 aliphatic heterocycles. The molecule has 1 fully saturated rings. The Labute approximate surface area is 219 Å². The third kappa shape index (κ3) is 4.80. The summed E-state index contributed by atoms with van der Waals surface area (Å²) < 4.78 is 35.7. The summed E-state index contributed by atoms with van der Waals surface area (Å²) in [6.07, 6.45) is 4.72. The van der Waals surface area contributed by atoms with E-state index in [0.717, 1.165) is 32.1 Å². The van der Waals surface area contributed by atoms with Crippen LogP contribution in [0.1, 0.15) is 77.4 Å². The zero-order valence-corrected chi connectivity index (χ0v) is 22.2. The first kappa shape index (κ1) is 25.5. The van der Waals surface area contributed by atoms with Gasteiger partial charge in [0.25, 0.3) is 10.0 Å². The summed E-state index contributed by atoms with van der Waals surface area (Å²) in [7, 11) is -2.49. The molecular formula is C26H28ClN3O6S. The first-order valence-corrected chi connectivity index (χ1v) is 14.2. The van der Waals surface area contributed by atoms with Crippen molar-refractivity contribution in [1.82, 2.24) is 9.78 Å². The molecule has 1 atom stereocenters. The van der Waals surface area contributed by atoms with Gasteiger partial charge in [-0.15, -0.1) is 0 Å². The van der Waals surface area contributed by atoms with E-state index >= 15 is 0 Å². The predicted molar refractivity (Wildman–Crippen MR) is 138 cm³/mol. The van der Waals surface area contributed by atoms with E-state index in [9.17, 15) is 23.1 Å². The number of ketones is 1. The Morgan fingerprint density at radius 1 is 1.19 bits per heavy atom. The lowest BCUT2D eigenvalue weighted by Gasteiger charge is -2.21. The fourth-order valence-electron chi connectivity index (χ4n) is 5.21. The van der Waals surface area contributed by atoms with E-state index in [4.69, 9.17) is 16.0 Å². The molecule has 0 spiro atoms. The predicted octanol–water partition coefficient (Wildman–Crippen LogP) is 4.68. The summed E-state index contributed by atoms with van der Waals surface area (Å²) in [6.45, 7) is 1.56. The number of aromatic hydroxyl groups is 1. The van der Waals surface area contributed by atoms with E-state index in [1.165, 1.54) is 4.68 Å². The quantitative estimate of drug-likeness (QED) is 0.459. The van der Waals surface area contributed by atoms with Crippen LogP contribution in [0.5, 0.6) is 5.75 Å². The van der Waals surface area contributed by atoms with Crippen molar-refractivity contribution in [2.45, 2.75) is 62.7 Å². The topological polar surface area (TPSA) is 132 Å². The molecule has 1 aromatic carbocycles. The van der Waals surface area contributed by atoms with Crippen LogP contribution >= 0.6 is 11.6 Å². The minimum absolute atomic E-state index is 0.00927. The van der Waals surface area contributed by atoms with E-state index in [1.807, 2.05) is 0 Å². The van der Waals surface area contributed by atoms with Gasteiger partial charge in [-0.2, -0.15) is 5.10 Å². The molecule has 3 aromatic rings. The number of benzene rings is 1. The van der Waals surface area contributed by atoms with Gasteiger partial charge in [0.05, 0.1) is 16.8 Å². The van der Waals surface area contributed by atoms with E-state index < -0.39 is 21.6 Å². The molecule has 37 heavy (non-hydrogen) atoms. The average molecular weight is 546 g/mol. The molecule has 11 heteroatoms. The van der Waals surface area contributed by atoms with Crippen LogP contribution < -0.4 is 10.3 Å². The Morgan fingerprint density at radius 3 is 2.59 bits per heavy atom. The van der Waals surface area contributed by atoms with Gasteiger partial charge >= 0.3 is 5.63 Å². The van der Waals surface area contributed by atoms with Gasteiger partial charge in [-0.05, 0) is 56.2 Å². The van der Waals surface area contributed by atoms with Crippen LogP contribution in [0.15, 0.2) is 38.4 Å². The Kier molecular flexibility index (Phi) is 6.66. The molecule has 0 amide bonds. The van der Waals surface area contributed by atoms with Crippen LogP contribution in [0.25, 0.3) is 0 Å². The molecule has 2 N–H and O–H groups in total. The monoisotopic (exact) mass is 545 g/mol. The molecule has 2 aliphatic rings. The van der Waals surface area contributed by atoms with Crippen LogP contribution in [-0.2, 0) is 23.5 Å². The third-order valence-electron chi connectivity index (χ3n) is 7.06. The van der Waals surface area contributed by atoms with Crippen LogP contribution in [0.3, 0.4) is 0 Å². The number of sulfonamides is 1. The second-order valence-corrected chi connectivity index (χ2v) is 11.8. The number of halogens is 1. The molecule has 2 aromatic heterocycles. The smallest absolute Gasteiger partial charge is 0.343 e. The minimum Gasteiger partial charge on any atom is -0.506 e. The number of rotatable bonds is 6. The lowest BCUT2D eigenvalue weighted by Crippen LogP contribution is -2.21. The Morgan fingerprint density at radius 2 is 1.92 bits per heavy atom. The molecule has 9 nitrogen and oxygen atoms in total. The SMILES string of the molecule is Cc1nn(C)c(Cl)c1S(=O)(=O)Nc1cccc(C(c2c(O)c3c(oc2=O)CCCCCC3=O)C2CC2)c1. The maximum atomic E-state index is 13.2. The van der Waals surface area contributed by atoms with Gasteiger partial charge in [-0.3, -0.25) is 14.2 Å². The Balaban J connectivity index is 1.56. The van der Waals surface area contributed by atoms with Crippen molar-refractivity contribution in [2.75, 3.05) is 4.72 Å². The lowest BCUT2D eigenvalue weighted by atomic mass is 9.85. The number of fused-ring (bicyclic) bond motifs is 1. The highest BCUT2D eigenvalue weighted by Crippen LogP contribution is 2.49. The van der Waals surface area contributed by atoms with E-state index in [-0.39, 0.29) is 62.2 Å². The molecule has 0 bridgehead atoms. The standard InChI is InChI=1S/C26H28ClN3O6S/c1-14-24(25(27)30(2)28-14)37(34,35)29-17-8-6-7-16(13-17)20(15-11-12-15)22-23(32)21-18(31)9-4-3-5-10-19(21)36-26(22)33/h6-8,13,15,20,29,32H,3-5,9-12H2,1-2H3. The number of aromatic nitrogens is 2. The van der Waals surface area contributed by atoms with Crippen molar-refractivity contribution in [3.8, 4) is 5.75 Å². The number of hydrogen-bond donors (Lipinski definition) is 2. The number of Topliss-reactive ketones (excluding diaryl/α,β-unsaturated/α-hetero) is 1. The van der Waals surface area contributed by atoms with Crippen molar-refractivity contribution >= 4 is 33.1 Å². The van der Waals surface area contributed by atoms with E-state index in [0.29, 0.717) is 12.0 Å². The molecule has 2 heterocycles. The number of hydrogen-bond acceptors (Lipinski definition) is 7. The normalized spacial score (nSPS) is 17.1. The molecule has 0 radical (unpaired) electrons. The first-order valence-electron chi connectivity index (χ1n) is 12.3. The third-order valence-corrected chi connectivity index (χ3v) is 9.14. The van der Waals surface area contributed by atoms with Crippen molar-refractivity contribution in [3.05, 3.63) is 68.0 Å². The highest BCUT2D eigenvalue weighted by atomic mass is 35.5. The fourth-order valence-corrected chi connectivity index (χ4v) is 7.02. The van der Waals surface area contributed by atoms with Crippen LogP contribution in [0.4, 0.5) is 5.69 Å². The molecule has 5 rings (SSSR count). The summed E-state index contributed by atoms with van der Waals surface area (Å²) in [4.78, 5) is 25.9. The number of nitrogens with one attached hydrogen (secondary N) is 1. The summed E-state index contributed by atoms with van der Waals surface area (Å²) in [6, 6.07) is 6.69. The zero-order valence-electron chi connectivity index (χ0n) is 20.6. The first-order chi connectivity index (χ1) is 17.6. The summed E-state index contributed by atoms with van der Waals surface area (Å²) in [5.41, 5.74) is 0.677. The minimum atomic E-state index is -4.05. The van der Waals surface area contributed by atoms with Crippen molar-refractivity contribution in [1.29, 1.82) is 0 Å². The number of carbonyl (C=O) groups is 1. The molecule has 1 unspecified atom stereocenters. The zero-order chi connectivity index (χ0) is 26.5.